The molecule has 0 radical (unpaired) electrons. The van der Waals surface area contributed by atoms with E-state index in [2.05, 4.69) is 20.8 Å². The summed E-state index contributed by atoms with van der Waals surface area (Å²) in [6.07, 6.45) is 0. The van der Waals surface area contributed by atoms with Gasteiger partial charge in [0.25, 0.3) is 5.91 Å². The van der Waals surface area contributed by atoms with Crippen molar-refractivity contribution in [1.29, 1.82) is 0 Å². The van der Waals surface area contributed by atoms with Crippen molar-refractivity contribution in [3.8, 4) is 5.69 Å². The standard InChI is InChI=1S/C15H12FN5O/c16-13-9-5-4-8-12(13)15(22)17-10-14-18-19-20-21(14)11-6-2-1-3-7-11/h1-9H,10H2,(H,17,22). The van der Waals surface area contributed by atoms with Crippen molar-refractivity contribution in [1.82, 2.24) is 25.5 Å². The molecule has 7 heteroatoms. The third-order valence-electron chi connectivity index (χ3n) is 3.06. The van der Waals surface area contributed by atoms with Crippen molar-refractivity contribution in [2.24, 2.45) is 0 Å². The summed E-state index contributed by atoms with van der Waals surface area (Å²) in [4.78, 5) is 12.0. The summed E-state index contributed by atoms with van der Waals surface area (Å²) in [5, 5.41) is 14.0. The number of halogens is 1. The Morgan fingerprint density at radius 2 is 1.82 bits per heavy atom. The van der Waals surface area contributed by atoms with Gasteiger partial charge in [0.15, 0.2) is 5.82 Å². The molecule has 1 aromatic heterocycles. The molecule has 3 rings (SSSR count). The zero-order valence-electron chi connectivity index (χ0n) is 11.5. The van der Waals surface area contributed by atoms with E-state index in [-0.39, 0.29) is 12.1 Å². The Morgan fingerprint density at radius 1 is 1.09 bits per heavy atom. The Morgan fingerprint density at radius 3 is 2.59 bits per heavy atom. The summed E-state index contributed by atoms with van der Waals surface area (Å²) in [5.74, 6) is -0.626. The van der Waals surface area contributed by atoms with Gasteiger partial charge < -0.3 is 5.32 Å². The van der Waals surface area contributed by atoms with E-state index in [0.717, 1.165) is 5.69 Å². The van der Waals surface area contributed by atoms with E-state index in [1.54, 1.807) is 6.07 Å². The molecule has 0 spiro atoms. The molecule has 0 bridgehead atoms. The predicted molar refractivity (Wildman–Crippen MR) is 76.7 cm³/mol. The number of hydrogen-bond acceptors (Lipinski definition) is 4. The number of amides is 1. The smallest absolute Gasteiger partial charge is 0.254 e. The Balaban J connectivity index is 1.75. The third kappa shape index (κ3) is 2.83. The second kappa shape index (κ2) is 6.13. The lowest BCUT2D eigenvalue weighted by molar-refractivity contribution is 0.0945. The molecule has 1 amide bonds. The first-order chi connectivity index (χ1) is 10.8. The number of carbonyl (C=O) groups excluding carboxylic acids is 1. The zero-order valence-corrected chi connectivity index (χ0v) is 11.5. The molecule has 0 aliphatic heterocycles. The first-order valence-corrected chi connectivity index (χ1v) is 6.61. The van der Waals surface area contributed by atoms with Crippen LogP contribution >= 0.6 is 0 Å². The van der Waals surface area contributed by atoms with Crippen LogP contribution in [0.5, 0.6) is 0 Å². The Bertz CT molecular complexity index is 787. The molecule has 2 aromatic carbocycles. The quantitative estimate of drug-likeness (QED) is 0.796. The van der Waals surface area contributed by atoms with E-state index >= 15 is 0 Å². The summed E-state index contributed by atoms with van der Waals surface area (Å²) in [6, 6.07) is 15.1. The second-order valence-corrected chi connectivity index (χ2v) is 4.50. The van der Waals surface area contributed by atoms with Gasteiger partial charge in [0.2, 0.25) is 0 Å². The predicted octanol–water partition coefficient (Wildman–Crippen LogP) is 1.73. The fourth-order valence-electron chi connectivity index (χ4n) is 1.99. The van der Waals surface area contributed by atoms with Crippen molar-refractivity contribution < 1.29 is 9.18 Å². The lowest BCUT2D eigenvalue weighted by Crippen LogP contribution is -2.25. The maximum Gasteiger partial charge on any atom is 0.254 e. The Hall–Kier alpha value is -3.09. The van der Waals surface area contributed by atoms with Crippen LogP contribution in [0.15, 0.2) is 54.6 Å². The van der Waals surface area contributed by atoms with Crippen LogP contribution in [0, 0.1) is 5.82 Å². The van der Waals surface area contributed by atoms with Gasteiger partial charge in [-0.3, -0.25) is 4.79 Å². The first kappa shape index (κ1) is 13.9. The molecule has 6 nitrogen and oxygen atoms in total. The van der Waals surface area contributed by atoms with E-state index in [4.69, 9.17) is 0 Å². The molecular formula is C15H12FN5O. The number of nitrogens with zero attached hydrogens (tertiary/aromatic N) is 4. The Labute approximate surface area is 125 Å². The minimum Gasteiger partial charge on any atom is -0.345 e. The molecule has 0 fully saturated rings. The molecule has 1 N–H and O–H groups in total. The highest BCUT2D eigenvalue weighted by atomic mass is 19.1. The van der Waals surface area contributed by atoms with Crippen molar-refractivity contribution in [2.45, 2.75) is 6.54 Å². The van der Waals surface area contributed by atoms with Crippen LogP contribution in [0.2, 0.25) is 0 Å². The van der Waals surface area contributed by atoms with Crippen LogP contribution in [0.4, 0.5) is 4.39 Å². The molecule has 1 heterocycles. The largest absolute Gasteiger partial charge is 0.345 e. The molecule has 0 aliphatic carbocycles. The van der Waals surface area contributed by atoms with Crippen LogP contribution in [-0.4, -0.2) is 26.1 Å². The lowest BCUT2D eigenvalue weighted by Gasteiger charge is -2.06. The van der Waals surface area contributed by atoms with Gasteiger partial charge in [0, 0.05) is 0 Å². The van der Waals surface area contributed by atoms with Gasteiger partial charge in [-0.1, -0.05) is 30.3 Å². The van der Waals surface area contributed by atoms with E-state index in [9.17, 15) is 9.18 Å². The van der Waals surface area contributed by atoms with Crippen LogP contribution in [0.1, 0.15) is 16.2 Å². The Kier molecular flexibility index (Phi) is 3.86. The number of aromatic nitrogens is 4. The number of benzene rings is 2. The first-order valence-electron chi connectivity index (χ1n) is 6.61. The SMILES string of the molecule is O=C(NCc1nnnn1-c1ccccc1)c1ccccc1F. The van der Waals surface area contributed by atoms with Crippen LogP contribution in [0.25, 0.3) is 5.69 Å². The van der Waals surface area contributed by atoms with E-state index in [1.165, 1.54) is 22.9 Å². The summed E-state index contributed by atoms with van der Waals surface area (Å²) in [5.41, 5.74) is 0.767. The van der Waals surface area contributed by atoms with Gasteiger partial charge in [-0.25, -0.2) is 4.39 Å². The normalized spacial score (nSPS) is 10.4. The van der Waals surface area contributed by atoms with Crippen molar-refractivity contribution in [2.75, 3.05) is 0 Å². The summed E-state index contributed by atoms with van der Waals surface area (Å²) in [6.45, 7) is 0.0923. The topological polar surface area (TPSA) is 72.7 Å². The van der Waals surface area contributed by atoms with Crippen molar-refractivity contribution in [3.05, 3.63) is 71.8 Å². The summed E-state index contributed by atoms with van der Waals surface area (Å²) >= 11 is 0. The van der Waals surface area contributed by atoms with Gasteiger partial charge >= 0.3 is 0 Å². The molecule has 110 valence electrons. The number of tetrazole rings is 1. The van der Waals surface area contributed by atoms with Gasteiger partial charge in [-0.05, 0) is 34.7 Å². The molecule has 0 unspecified atom stereocenters. The van der Waals surface area contributed by atoms with Gasteiger partial charge in [-0.2, -0.15) is 4.68 Å². The van der Waals surface area contributed by atoms with Crippen LogP contribution in [0.3, 0.4) is 0 Å². The van der Waals surface area contributed by atoms with E-state index < -0.39 is 11.7 Å². The van der Waals surface area contributed by atoms with E-state index in [0.29, 0.717) is 5.82 Å². The summed E-state index contributed by atoms with van der Waals surface area (Å²) < 4.78 is 15.1. The fraction of sp³-hybridized carbons (Fsp3) is 0.0667. The number of carbonyl (C=O) groups is 1. The third-order valence-corrected chi connectivity index (χ3v) is 3.06. The maximum absolute atomic E-state index is 13.5. The minimum absolute atomic E-state index is 0.0127. The molecular weight excluding hydrogens is 285 g/mol. The highest BCUT2D eigenvalue weighted by Gasteiger charge is 2.13. The van der Waals surface area contributed by atoms with Gasteiger partial charge in [0.1, 0.15) is 5.82 Å². The van der Waals surface area contributed by atoms with Crippen LogP contribution in [-0.2, 0) is 6.54 Å². The molecule has 3 aromatic rings. The maximum atomic E-state index is 13.5. The molecule has 0 saturated heterocycles. The van der Waals surface area contributed by atoms with Gasteiger partial charge in [-0.15, -0.1) is 5.10 Å². The number of para-hydroxylation sites is 1. The van der Waals surface area contributed by atoms with Crippen LogP contribution < -0.4 is 5.32 Å². The minimum atomic E-state index is -0.567. The second-order valence-electron chi connectivity index (χ2n) is 4.50. The molecule has 0 saturated carbocycles. The number of rotatable bonds is 4. The van der Waals surface area contributed by atoms with Crippen molar-refractivity contribution in [3.63, 3.8) is 0 Å². The summed E-state index contributed by atoms with van der Waals surface area (Å²) in [7, 11) is 0. The monoisotopic (exact) mass is 297 g/mol. The highest BCUT2D eigenvalue weighted by molar-refractivity contribution is 5.94. The number of nitrogens with one attached hydrogen (secondary N) is 1. The number of hydrogen-bond donors (Lipinski definition) is 1. The van der Waals surface area contributed by atoms with Crippen molar-refractivity contribution >= 4 is 5.91 Å². The fourth-order valence-corrected chi connectivity index (χ4v) is 1.99. The average molecular weight is 297 g/mol. The molecule has 0 atom stereocenters. The molecule has 22 heavy (non-hydrogen) atoms. The molecule has 0 aliphatic rings. The lowest BCUT2D eigenvalue weighted by atomic mass is 10.2. The average Bonchev–Trinajstić information content (AvgIpc) is 3.02. The van der Waals surface area contributed by atoms with E-state index in [1.807, 2.05) is 30.3 Å². The zero-order chi connectivity index (χ0) is 15.4. The van der Waals surface area contributed by atoms with Gasteiger partial charge in [0.05, 0.1) is 17.8 Å². The highest BCUT2D eigenvalue weighted by Crippen LogP contribution is 2.08.